The molecule has 36 heavy (non-hydrogen) atoms. The van der Waals surface area contributed by atoms with Gasteiger partial charge in [0.2, 0.25) is 0 Å². The maximum Gasteiger partial charge on any atom is 0.128 e. The molecule has 0 bridgehead atoms. The summed E-state index contributed by atoms with van der Waals surface area (Å²) >= 11 is 0. The lowest BCUT2D eigenvalue weighted by Gasteiger charge is -2.19. The van der Waals surface area contributed by atoms with E-state index in [0.717, 1.165) is 25.8 Å². The van der Waals surface area contributed by atoms with Crippen LogP contribution >= 0.6 is 10.9 Å². The second-order valence-electron chi connectivity index (χ2n) is 8.28. The third-order valence-electron chi connectivity index (χ3n) is 5.89. The topological polar surface area (TPSA) is 18.5 Å². The molecule has 2 nitrogen and oxygen atoms in total. The van der Waals surface area contributed by atoms with Gasteiger partial charge in [-0.3, -0.25) is 0 Å². The van der Waals surface area contributed by atoms with Gasteiger partial charge < -0.3 is 9.47 Å². The zero-order valence-corrected chi connectivity index (χ0v) is 19.7. The van der Waals surface area contributed by atoms with Gasteiger partial charge in [-0.05, 0) is 125 Å². The molecule has 0 atom stereocenters. The number of halogens is 3. The van der Waals surface area contributed by atoms with Crippen LogP contribution < -0.4 is 9.47 Å². The Balaban J connectivity index is 1.42. The van der Waals surface area contributed by atoms with Crippen molar-refractivity contribution < 1.29 is 22.6 Å². The molecule has 0 aliphatic carbocycles. The highest BCUT2D eigenvalue weighted by Crippen LogP contribution is 2.63. The molecule has 0 unspecified atom stereocenters. The summed E-state index contributed by atoms with van der Waals surface area (Å²) in [6, 6.07) is 30.1. The quantitative estimate of drug-likeness (QED) is 0.238. The van der Waals surface area contributed by atoms with Crippen LogP contribution in [0.4, 0.5) is 13.2 Å². The average molecular weight is 501 g/mol. The lowest BCUT2D eigenvalue weighted by Crippen LogP contribution is -1.87. The first-order chi connectivity index (χ1) is 17.5. The Kier molecular flexibility index (Phi) is 5.66. The van der Waals surface area contributed by atoms with Crippen LogP contribution in [0.3, 0.4) is 0 Å². The molecule has 0 radical (unpaired) electrons. The Morgan fingerprint density at radius 1 is 0.417 bits per heavy atom. The van der Waals surface area contributed by atoms with Gasteiger partial charge >= 0.3 is 0 Å². The zero-order chi connectivity index (χ0) is 24.6. The Morgan fingerprint density at radius 2 is 0.778 bits per heavy atom. The fourth-order valence-electron chi connectivity index (χ4n) is 4.25. The predicted octanol–water partition coefficient (Wildman–Crippen LogP) is 9.15. The van der Waals surface area contributed by atoms with Crippen molar-refractivity contribution in [2.24, 2.45) is 0 Å². The SMILES string of the molecule is Fc1ccc(Oc2ccc3c(c2)-c2cc(Oc4ccc(F)cc4)ccc2[SH]3c2ccc(F)cc2)cc1. The van der Waals surface area contributed by atoms with Gasteiger partial charge in [0.05, 0.1) is 0 Å². The van der Waals surface area contributed by atoms with Crippen molar-refractivity contribution in [1.29, 1.82) is 0 Å². The van der Waals surface area contributed by atoms with E-state index >= 15 is 0 Å². The summed E-state index contributed by atoms with van der Waals surface area (Å²) in [5.41, 5.74) is 1.98. The molecule has 0 amide bonds. The van der Waals surface area contributed by atoms with Crippen molar-refractivity contribution in [3.63, 3.8) is 0 Å². The molecule has 5 aromatic carbocycles. The van der Waals surface area contributed by atoms with Crippen LogP contribution in [-0.4, -0.2) is 0 Å². The number of rotatable bonds is 5. The zero-order valence-electron chi connectivity index (χ0n) is 18.8. The average Bonchev–Trinajstić information content (AvgIpc) is 3.20. The van der Waals surface area contributed by atoms with Crippen molar-refractivity contribution in [3.05, 3.63) is 127 Å². The van der Waals surface area contributed by atoms with Gasteiger partial charge in [0, 0.05) is 9.79 Å². The molecule has 0 saturated heterocycles. The van der Waals surface area contributed by atoms with Crippen LogP contribution in [-0.2, 0) is 0 Å². The third-order valence-corrected chi connectivity index (χ3v) is 8.45. The van der Waals surface area contributed by atoms with Crippen LogP contribution in [0.5, 0.6) is 23.0 Å². The van der Waals surface area contributed by atoms with E-state index < -0.39 is 10.9 Å². The third kappa shape index (κ3) is 4.32. The minimum absolute atomic E-state index is 0.278. The monoisotopic (exact) mass is 500 g/mol. The van der Waals surface area contributed by atoms with Crippen LogP contribution in [0.25, 0.3) is 11.1 Å². The maximum absolute atomic E-state index is 13.7. The van der Waals surface area contributed by atoms with E-state index in [-0.39, 0.29) is 17.5 Å². The van der Waals surface area contributed by atoms with E-state index in [9.17, 15) is 13.2 Å². The van der Waals surface area contributed by atoms with Gasteiger partial charge in [-0.15, -0.1) is 0 Å². The Morgan fingerprint density at radius 3 is 1.19 bits per heavy atom. The molecule has 1 heterocycles. The van der Waals surface area contributed by atoms with Crippen molar-refractivity contribution in [2.75, 3.05) is 0 Å². The molecule has 178 valence electrons. The molecule has 1 aliphatic heterocycles. The van der Waals surface area contributed by atoms with Crippen molar-refractivity contribution in [3.8, 4) is 34.1 Å². The summed E-state index contributed by atoms with van der Waals surface area (Å²) in [6.07, 6.45) is 0. The van der Waals surface area contributed by atoms with E-state index in [1.165, 1.54) is 36.4 Å². The summed E-state index contributed by atoms with van der Waals surface area (Å²) in [5, 5.41) is 0. The lowest BCUT2D eigenvalue weighted by molar-refractivity contribution is 0.479. The largest absolute Gasteiger partial charge is 0.457 e. The summed E-state index contributed by atoms with van der Waals surface area (Å²) in [4.78, 5) is 3.28. The van der Waals surface area contributed by atoms with Crippen LogP contribution in [0.2, 0.25) is 0 Å². The molecule has 1 aliphatic rings. The highest BCUT2D eigenvalue weighted by molar-refractivity contribution is 8.17. The molecular formula is C30H19F3O2S. The summed E-state index contributed by atoms with van der Waals surface area (Å²) in [6.45, 7) is 0. The van der Waals surface area contributed by atoms with Crippen molar-refractivity contribution >= 4 is 10.9 Å². The fourth-order valence-corrected chi connectivity index (χ4v) is 6.82. The molecule has 0 spiro atoms. The van der Waals surface area contributed by atoms with Gasteiger partial charge in [0.25, 0.3) is 0 Å². The van der Waals surface area contributed by atoms with Gasteiger partial charge in [0.1, 0.15) is 40.4 Å². The Hall–Kier alpha value is -4.16. The summed E-state index contributed by atoms with van der Waals surface area (Å²) in [7, 11) is -0.913. The second-order valence-corrected chi connectivity index (χ2v) is 10.4. The van der Waals surface area contributed by atoms with Crippen LogP contribution in [0.15, 0.2) is 124 Å². The molecule has 0 saturated carbocycles. The molecule has 0 aromatic heterocycles. The number of hydrogen-bond donors (Lipinski definition) is 1. The molecule has 0 N–H and O–H groups in total. The molecule has 6 heteroatoms. The standard InChI is InChI=1S/C30H19F3O2S/c31-19-1-7-22(8-2-19)34-24-11-15-29-27(17-24)28-18-25(35-23-9-3-20(32)4-10-23)12-16-30(28)36(29)26-13-5-21(33)6-14-26/h1-18,36H. The van der Waals surface area contributed by atoms with Crippen molar-refractivity contribution in [2.45, 2.75) is 14.7 Å². The van der Waals surface area contributed by atoms with E-state index in [2.05, 4.69) is 0 Å². The van der Waals surface area contributed by atoms with E-state index in [1.807, 2.05) is 48.5 Å². The van der Waals surface area contributed by atoms with Gasteiger partial charge in [-0.2, -0.15) is 10.9 Å². The molecule has 5 aromatic rings. The van der Waals surface area contributed by atoms with E-state index in [1.54, 1.807) is 24.3 Å². The van der Waals surface area contributed by atoms with Gasteiger partial charge in [-0.1, -0.05) is 0 Å². The smallest absolute Gasteiger partial charge is 0.128 e. The highest BCUT2D eigenvalue weighted by Gasteiger charge is 2.28. The molecular weight excluding hydrogens is 481 g/mol. The highest BCUT2D eigenvalue weighted by atomic mass is 32.2. The lowest BCUT2D eigenvalue weighted by atomic mass is 10.1. The van der Waals surface area contributed by atoms with Gasteiger partial charge in [-0.25, -0.2) is 13.2 Å². The number of benzene rings is 5. The van der Waals surface area contributed by atoms with E-state index in [0.29, 0.717) is 23.0 Å². The normalized spacial score (nSPS) is 12.7. The first-order valence-electron chi connectivity index (χ1n) is 11.2. The summed E-state index contributed by atoms with van der Waals surface area (Å²) in [5.74, 6) is 1.36. The van der Waals surface area contributed by atoms with E-state index in [4.69, 9.17) is 9.47 Å². The minimum atomic E-state index is -0.913. The Bertz CT molecular complexity index is 1450. The predicted molar refractivity (Wildman–Crippen MR) is 135 cm³/mol. The summed E-state index contributed by atoms with van der Waals surface area (Å²) < 4.78 is 52.3. The van der Waals surface area contributed by atoms with Crippen LogP contribution in [0.1, 0.15) is 0 Å². The first-order valence-corrected chi connectivity index (χ1v) is 12.6. The number of ether oxygens (including phenoxy) is 2. The molecule has 6 rings (SSSR count). The van der Waals surface area contributed by atoms with Crippen molar-refractivity contribution in [1.82, 2.24) is 0 Å². The number of thiol groups is 1. The number of hydrogen-bond acceptors (Lipinski definition) is 2. The maximum atomic E-state index is 13.7. The second kappa shape index (κ2) is 9.13. The number of fused-ring (bicyclic) bond motifs is 3. The molecule has 0 fully saturated rings. The minimum Gasteiger partial charge on any atom is -0.457 e. The Labute approximate surface area is 208 Å². The van der Waals surface area contributed by atoms with Gasteiger partial charge in [0.15, 0.2) is 0 Å². The van der Waals surface area contributed by atoms with Crippen LogP contribution in [0, 0.1) is 17.5 Å². The fraction of sp³-hybridized carbons (Fsp3) is 0. The first kappa shape index (κ1) is 22.3.